The fraction of sp³-hybridized carbons (Fsp3) is 0.190. The molecule has 0 fully saturated rings. The zero-order chi connectivity index (χ0) is 22.7. The van der Waals surface area contributed by atoms with E-state index in [2.05, 4.69) is 19.6 Å². The van der Waals surface area contributed by atoms with Gasteiger partial charge in [-0.3, -0.25) is 4.90 Å². The molecule has 3 aromatic rings. The predicted molar refractivity (Wildman–Crippen MR) is 115 cm³/mol. The average molecular weight is 459 g/mol. The van der Waals surface area contributed by atoms with Crippen molar-refractivity contribution in [2.45, 2.75) is 19.5 Å². The summed E-state index contributed by atoms with van der Waals surface area (Å²) in [6.45, 7) is 1.67. The first-order chi connectivity index (χ1) is 15.5. The first-order valence-corrected chi connectivity index (χ1v) is 10.4. The standard InChI is InChI=1S/C21H19F2N5O3S/c1-12-14-8-9-16(30-17-7-4-10-25-26-17)19(23)20(14)31-21(29)28(12)11-13-5-3-6-15(18(13)22)27-32-24-2/h3-10,12,24,27H,11H2,1-2H3. The van der Waals surface area contributed by atoms with E-state index in [0.29, 0.717) is 11.1 Å². The van der Waals surface area contributed by atoms with Crippen molar-refractivity contribution >= 4 is 23.9 Å². The van der Waals surface area contributed by atoms with E-state index in [-0.39, 0.29) is 29.6 Å². The molecule has 8 nitrogen and oxygen atoms in total. The van der Waals surface area contributed by atoms with Gasteiger partial charge in [-0.25, -0.2) is 13.9 Å². The number of nitrogens with one attached hydrogen (secondary N) is 2. The van der Waals surface area contributed by atoms with Gasteiger partial charge in [0, 0.05) is 35.5 Å². The summed E-state index contributed by atoms with van der Waals surface area (Å²) < 4.78 is 46.2. The number of aromatic nitrogens is 2. The molecule has 1 aliphatic heterocycles. The van der Waals surface area contributed by atoms with Crippen LogP contribution in [0.3, 0.4) is 0 Å². The van der Waals surface area contributed by atoms with E-state index < -0.39 is 23.8 Å². The van der Waals surface area contributed by atoms with Crippen LogP contribution in [0.4, 0.5) is 19.3 Å². The molecule has 1 atom stereocenters. The summed E-state index contributed by atoms with van der Waals surface area (Å²) in [7, 11) is 1.70. The highest BCUT2D eigenvalue weighted by atomic mass is 32.2. The Balaban J connectivity index is 1.58. The molecular weight excluding hydrogens is 440 g/mol. The van der Waals surface area contributed by atoms with Crippen LogP contribution in [0, 0.1) is 11.6 Å². The number of amides is 1. The lowest BCUT2D eigenvalue weighted by molar-refractivity contribution is 0.114. The summed E-state index contributed by atoms with van der Waals surface area (Å²) >= 11 is 1.12. The Hall–Kier alpha value is -3.44. The van der Waals surface area contributed by atoms with Gasteiger partial charge in [-0.1, -0.05) is 12.1 Å². The molecule has 2 heterocycles. The summed E-state index contributed by atoms with van der Waals surface area (Å²) in [5.41, 5.74) is 1.01. The molecule has 11 heteroatoms. The summed E-state index contributed by atoms with van der Waals surface area (Å²) in [5.74, 6) is -1.58. The topological polar surface area (TPSA) is 88.6 Å². The number of hydrogen-bond acceptors (Lipinski definition) is 8. The third-order valence-electron chi connectivity index (χ3n) is 4.88. The van der Waals surface area contributed by atoms with Crippen LogP contribution in [0.25, 0.3) is 0 Å². The highest BCUT2D eigenvalue weighted by Gasteiger charge is 2.35. The summed E-state index contributed by atoms with van der Waals surface area (Å²) in [6, 6.07) is 10.4. The Morgan fingerprint density at radius 1 is 1.19 bits per heavy atom. The van der Waals surface area contributed by atoms with Crippen LogP contribution in [0.1, 0.15) is 24.1 Å². The second-order valence-corrected chi connectivity index (χ2v) is 7.64. The third-order valence-corrected chi connectivity index (χ3v) is 5.40. The lowest BCUT2D eigenvalue weighted by Crippen LogP contribution is -2.39. The number of hydrogen-bond donors (Lipinski definition) is 2. The molecule has 0 saturated carbocycles. The number of carbonyl (C=O) groups is 1. The molecule has 1 aliphatic rings. The molecule has 0 spiro atoms. The Morgan fingerprint density at radius 3 is 2.78 bits per heavy atom. The smallest absolute Gasteiger partial charge is 0.416 e. The van der Waals surface area contributed by atoms with E-state index in [1.807, 2.05) is 0 Å². The van der Waals surface area contributed by atoms with E-state index in [9.17, 15) is 9.18 Å². The highest BCUT2D eigenvalue weighted by Crippen LogP contribution is 2.41. The first kappa shape index (κ1) is 21.8. The third kappa shape index (κ3) is 4.30. The molecule has 32 heavy (non-hydrogen) atoms. The number of rotatable bonds is 7. The maximum Gasteiger partial charge on any atom is 0.416 e. The van der Waals surface area contributed by atoms with Gasteiger partial charge in [-0.15, -0.1) is 5.10 Å². The van der Waals surface area contributed by atoms with Crippen molar-refractivity contribution < 1.29 is 23.0 Å². The highest BCUT2D eigenvalue weighted by molar-refractivity contribution is 7.98. The quantitative estimate of drug-likeness (QED) is 0.487. The van der Waals surface area contributed by atoms with Gasteiger partial charge in [0.2, 0.25) is 11.7 Å². The number of benzene rings is 2. The number of ether oxygens (including phenoxy) is 2. The van der Waals surface area contributed by atoms with Gasteiger partial charge >= 0.3 is 6.09 Å². The predicted octanol–water partition coefficient (Wildman–Crippen LogP) is 4.82. The minimum absolute atomic E-state index is 0.0511. The van der Waals surface area contributed by atoms with E-state index in [4.69, 9.17) is 9.47 Å². The van der Waals surface area contributed by atoms with Gasteiger partial charge in [0.05, 0.1) is 18.3 Å². The fourth-order valence-electron chi connectivity index (χ4n) is 3.26. The number of carbonyl (C=O) groups excluding carboxylic acids is 1. The van der Waals surface area contributed by atoms with Gasteiger partial charge in [-0.2, -0.15) is 9.49 Å². The van der Waals surface area contributed by atoms with Crippen molar-refractivity contribution in [1.29, 1.82) is 0 Å². The molecule has 0 radical (unpaired) electrons. The van der Waals surface area contributed by atoms with Crippen LogP contribution in [-0.4, -0.2) is 28.2 Å². The van der Waals surface area contributed by atoms with E-state index in [1.165, 1.54) is 23.2 Å². The maximum absolute atomic E-state index is 15.0. The lowest BCUT2D eigenvalue weighted by atomic mass is 10.0. The number of halogens is 2. The van der Waals surface area contributed by atoms with Crippen LogP contribution < -0.4 is 18.9 Å². The SMILES string of the molecule is CNSNc1cccc(CN2C(=O)Oc3c(ccc(Oc4cccnn4)c3F)C2C)c1F. The molecule has 4 rings (SSSR count). The minimum atomic E-state index is -0.825. The van der Waals surface area contributed by atoms with Crippen molar-refractivity contribution in [2.75, 3.05) is 11.8 Å². The molecule has 0 aliphatic carbocycles. The summed E-state index contributed by atoms with van der Waals surface area (Å²) in [4.78, 5) is 14.0. The molecule has 2 N–H and O–H groups in total. The van der Waals surface area contributed by atoms with Crippen molar-refractivity contribution in [3.05, 3.63) is 71.4 Å². The van der Waals surface area contributed by atoms with Crippen LogP contribution in [0.2, 0.25) is 0 Å². The van der Waals surface area contributed by atoms with Gasteiger partial charge in [0.1, 0.15) is 0 Å². The molecule has 1 aromatic heterocycles. The second kappa shape index (κ2) is 9.37. The van der Waals surface area contributed by atoms with Crippen molar-refractivity contribution in [3.63, 3.8) is 0 Å². The Morgan fingerprint density at radius 2 is 2.03 bits per heavy atom. The number of anilines is 1. The van der Waals surface area contributed by atoms with Crippen LogP contribution in [-0.2, 0) is 6.54 Å². The van der Waals surface area contributed by atoms with Gasteiger partial charge in [0.25, 0.3) is 0 Å². The molecule has 0 saturated heterocycles. The zero-order valence-corrected chi connectivity index (χ0v) is 18.0. The van der Waals surface area contributed by atoms with Crippen molar-refractivity contribution in [3.8, 4) is 17.4 Å². The van der Waals surface area contributed by atoms with Crippen LogP contribution in [0.15, 0.2) is 48.7 Å². The first-order valence-electron chi connectivity index (χ1n) is 9.62. The van der Waals surface area contributed by atoms with Crippen LogP contribution >= 0.6 is 12.1 Å². The van der Waals surface area contributed by atoms with Crippen LogP contribution in [0.5, 0.6) is 17.4 Å². The Bertz CT molecular complexity index is 1140. The molecule has 1 amide bonds. The van der Waals surface area contributed by atoms with E-state index in [0.717, 1.165) is 12.1 Å². The van der Waals surface area contributed by atoms with Gasteiger partial charge < -0.3 is 14.2 Å². The molecular formula is C21H19F2N5O3S. The second-order valence-electron chi connectivity index (χ2n) is 6.82. The summed E-state index contributed by atoms with van der Waals surface area (Å²) in [6.07, 6.45) is 0.672. The molecule has 0 bridgehead atoms. The lowest BCUT2D eigenvalue weighted by Gasteiger charge is -2.34. The normalized spacial score (nSPS) is 15.2. The Labute approximate surface area is 187 Å². The molecule has 1 unspecified atom stereocenters. The van der Waals surface area contributed by atoms with Gasteiger partial charge in [0.15, 0.2) is 17.3 Å². The van der Waals surface area contributed by atoms with E-state index >= 15 is 4.39 Å². The molecule has 2 aromatic carbocycles. The Kier molecular flexibility index (Phi) is 6.37. The summed E-state index contributed by atoms with van der Waals surface area (Å²) in [5, 5.41) is 7.42. The largest absolute Gasteiger partial charge is 0.434 e. The van der Waals surface area contributed by atoms with Gasteiger partial charge in [-0.05, 0) is 38.2 Å². The molecule has 166 valence electrons. The number of fused-ring (bicyclic) bond motifs is 1. The zero-order valence-electron chi connectivity index (χ0n) is 17.1. The average Bonchev–Trinajstić information content (AvgIpc) is 2.80. The van der Waals surface area contributed by atoms with Crippen molar-refractivity contribution in [1.82, 2.24) is 19.8 Å². The fourth-order valence-corrected chi connectivity index (χ4v) is 3.63. The van der Waals surface area contributed by atoms with E-state index in [1.54, 1.807) is 44.3 Å². The minimum Gasteiger partial charge on any atom is -0.434 e. The monoisotopic (exact) mass is 459 g/mol. The maximum atomic E-state index is 15.0. The number of nitrogens with zero attached hydrogens (tertiary/aromatic N) is 3. The van der Waals surface area contributed by atoms with Crippen molar-refractivity contribution in [2.24, 2.45) is 0 Å².